The molecule has 1 aliphatic rings. The third kappa shape index (κ3) is 4.46. The molecule has 0 unspecified atom stereocenters. The molecule has 1 aliphatic heterocycles. The van der Waals surface area contributed by atoms with Crippen molar-refractivity contribution in [1.29, 1.82) is 0 Å². The average molecular weight is 349 g/mol. The van der Waals surface area contributed by atoms with Crippen LogP contribution in [0.2, 0.25) is 5.02 Å². The average Bonchev–Trinajstić information content (AvgIpc) is 2.58. The van der Waals surface area contributed by atoms with Crippen LogP contribution in [0.5, 0.6) is 0 Å². The maximum absolute atomic E-state index is 12.9. The summed E-state index contributed by atoms with van der Waals surface area (Å²) in [6.07, 6.45) is 0. The van der Waals surface area contributed by atoms with Crippen molar-refractivity contribution < 1.29 is 14.1 Å². The Morgan fingerprint density at radius 3 is 2.33 bits per heavy atom. The van der Waals surface area contributed by atoms with Gasteiger partial charge in [-0.15, -0.1) is 0 Å². The predicted octanol–water partition coefficient (Wildman–Crippen LogP) is 1.82. The number of hydrogen-bond donors (Lipinski definition) is 2. The highest BCUT2D eigenvalue weighted by molar-refractivity contribution is 6.30. The summed E-state index contributed by atoms with van der Waals surface area (Å²) in [7, 11) is 0. The normalized spacial score (nSPS) is 15.3. The molecular weight excluding hydrogens is 329 g/mol. The van der Waals surface area contributed by atoms with Crippen molar-refractivity contribution >= 4 is 28.9 Å². The zero-order chi connectivity index (χ0) is 16.9. The zero-order valence-corrected chi connectivity index (χ0v) is 14.0. The van der Waals surface area contributed by atoms with Crippen LogP contribution in [0.4, 0.5) is 15.8 Å². The number of nitrogens with one attached hydrogen (secondary N) is 2. The number of carbonyl (C=O) groups excluding carboxylic acids is 1. The van der Waals surface area contributed by atoms with Gasteiger partial charge in [0.05, 0.1) is 26.2 Å². The van der Waals surface area contributed by atoms with Gasteiger partial charge in [0, 0.05) is 16.4 Å². The van der Waals surface area contributed by atoms with Gasteiger partial charge in [0.2, 0.25) is 0 Å². The lowest BCUT2D eigenvalue weighted by Gasteiger charge is -2.33. The number of halogens is 2. The maximum Gasteiger partial charge on any atom is 0.279 e. The van der Waals surface area contributed by atoms with Gasteiger partial charge >= 0.3 is 0 Å². The highest BCUT2D eigenvalue weighted by Gasteiger charge is 2.22. The second-order valence-corrected chi connectivity index (χ2v) is 6.38. The number of carbonyl (C=O) groups is 1. The van der Waals surface area contributed by atoms with Crippen LogP contribution in [-0.2, 0) is 4.79 Å². The highest BCUT2D eigenvalue weighted by Crippen LogP contribution is 2.17. The molecule has 1 amide bonds. The van der Waals surface area contributed by atoms with Crippen molar-refractivity contribution in [3.8, 4) is 0 Å². The fourth-order valence-corrected chi connectivity index (χ4v) is 3.00. The molecule has 1 saturated heterocycles. The molecule has 0 spiro atoms. The Kier molecular flexibility index (Phi) is 5.33. The Balaban J connectivity index is 1.47. The van der Waals surface area contributed by atoms with Crippen LogP contribution in [0, 0.1) is 5.82 Å². The molecule has 0 radical (unpaired) electrons. The molecule has 1 fully saturated rings. The molecule has 24 heavy (non-hydrogen) atoms. The Labute approximate surface area is 145 Å². The Bertz CT molecular complexity index is 682. The lowest BCUT2D eigenvalue weighted by molar-refractivity contribution is -0.892. The number of quaternary nitrogens is 1. The molecule has 2 aromatic rings. The lowest BCUT2D eigenvalue weighted by atomic mass is 10.2. The van der Waals surface area contributed by atoms with E-state index in [1.807, 2.05) is 24.3 Å². The van der Waals surface area contributed by atoms with E-state index in [1.54, 1.807) is 12.1 Å². The molecule has 2 N–H and O–H groups in total. The van der Waals surface area contributed by atoms with Gasteiger partial charge in [-0.05, 0) is 48.5 Å². The number of piperazine rings is 1. The third-order valence-electron chi connectivity index (χ3n) is 4.20. The SMILES string of the molecule is O=C(C[NH+]1CCN(c2ccc(Cl)cc2)CC1)Nc1ccc(F)cc1. The quantitative estimate of drug-likeness (QED) is 0.884. The van der Waals surface area contributed by atoms with Crippen LogP contribution >= 0.6 is 11.6 Å². The molecule has 0 bridgehead atoms. The molecule has 126 valence electrons. The van der Waals surface area contributed by atoms with Gasteiger partial charge in [-0.25, -0.2) is 4.39 Å². The van der Waals surface area contributed by atoms with E-state index in [2.05, 4.69) is 10.2 Å². The van der Waals surface area contributed by atoms with Gasteiger partial charge in [-0.3, -0.25) is 4.79 Å². The maximum atomic E-state index is 12.9. The summed E-state index contributed by atoms with van der Waals surface area (Å²) in [6.45, 7) is 4.03. The van der Waals surface area contributed by atoms with Crippen molar-refractivity contribution in [1.82, 2.24) is 0 Å². The lowest BCUT2D eigenvalue weighted by Crippen LogP contribution is -3.15. The summed E-state index contributed by atoms with van der Waals surface area (Å²) >= 11 is 5.92. The van der Waals surface area contributed by atoms with Crippen molar-refractivity contribution in [2.24, 2.45) is 0 Å². The second-order valence-electron chi connectivity index (χ2n) is 5.95. The van der Waals surface area contributed by atoms with E-state index in [-0.39, 0.29) is 11.7 Å². The molecule has 0 saturated carbocycles. The summed E-state index contributed by atoms with van der Waals surface area (Å²) < 4.78 is 12.9. The minimum atomic E-state index is -0.308. The number of anilines is 2. The van der Waals surface area contributed by atoms with Crippen LogP contribution in [0.3, 0.4) is 0 Å². The van der Waals surface area contributed by atoms with Crippen LogP contribution in [-0.4, -0.2) is 38.6 Å². The number of benzene rings is 2. The molecule has 3 rings (SSSR count). The van der Waals surface area contributed by atoms with Gasteiger partial charge in [-0.2, -0.15) is 0 Å². The summed E-state index contributed by atoms with van der Waals surface area (Å²) in [5.41, 5.74) is 1.79. The van der Waals surface area contributed by atoms with E-state index >= 15 is 0 Å². The third-order valence-corrected chi connectivity index (χ3v) is 4.45. The minimum Gasteiger partial charge on any atom is -0.360 e. The monoisotopic (exact) mass is 348 g/mol. The number of amides is 1. The van der Waals surface area contributed by atoms with Crippen molar-refractivity contribution in [2.75, 3.05) is 42.9 Å². The molecular formula is C18H20ClFN3O+. The van der Waals surface area contributed by atoms with E-state index in [9.17, 15) is 9.18 Å². The summed E-state index contributed by atoms with van der Waals surface area (Å²) in [5.74, 6) is -0.353. The van der Waals surface area contributed by atoms with Crippen LogP contribution < -0.4 is 15.1 Å². The Morgan fingerprint density at radius 1 is 1.08 bits per heavy atom. The first-order chi connectivity index (χ1) is 11.6. The first kappa shape index (κ1) is 16.7. The van der Waals surface area contributed by atoms with E-state index in [0.717, 1.165) is 36.9 Å². The summed E-state index contributed by atoms with van der Waals surface area (Å²) in [6, 6.07) is 13.7. The molecule has 0 aliphatic carbocycles. The Morgan fingerprint density at radius 2 is 1.71 bits per heavy atom. The van der Waals surface area contributed by atoms with Crippen LogP contribution in [0.25, 0.3) is 0 Å². The largest absolute Gasteiger partial charge is 0.360 e. The van der Waals surface area contributed by atoms with Gasteiger partial charge in [0.1, 0.15) is 5.82 Å². The first-order valence-corrected chi connectivity index (χ1v) is 8.37. The fourth-order valence-electron chi connectivity index (χ4n) is 2.88. The van der Waals surface area contributed by atoms with Crippen molar-refractivity contribution in [3.63, 3.8) is 0 Å². The smallest absolute Gasteiger partial charge is 0.279 e. The van der Waals surface area contributed by atoms with Gasteiger partial charge < -0.3 is 15.1 Å². The number of hydrogen-bond acceptors (Lipinski definition) is 2. The van der Waals surface area contributed by atoms with Gasteiger partial charge in [0.15, 0.2) is 6.54 Å². The van der Waals surface area contributed by atoms with E-state index in [4.69, 9.17) is 11.6 Å². The van der Waals surface area contributed by atoms with E-state index in [1.165, 1.54) is 17.0 Å². The zero-order valence-electron chi connectivity index (χ0n) is 13.3. The minimum absolute atomic E-state index is 0.0449. The number of rotatable bonds is 4. The molecule has 2 aromatic carbocycles. The first-order valence-electron chi connectivity index (χ1n) is 8.00. The standard InChI is InChI=1S/C18H19ClFN3O/c19-14-1-7-17(8-2-14)23-11-9-22(10-12-23)13-18(24)21-16-5-3-15(20)4-6-16/h1-8H,9-13H2,(H,21,24)/p+1. The fraction of sp³-hybridized carbons (Fsp3) is 0.278. The predicted molar refractivity (Wildman–Crippen MR) is 94.3 cm³/mol. The topological polar surface area (TPSA) is 36.8 Å². The van der Waals surface area contributed by atoms with E-state index in [0.29, 0.717) is 12.2 Å². The van der Waals surface area contributed by atoms with E-state index < -0.39 is 0 Å². The summed E-state index contributed by atoms with van der Waals surface area (Å²) in [4.78, 5) is 15.7. The van der Waals surface area contributed by atoms with Crippen molar-refractivity contribution in [3.05, 3.63) is 59.4 Å². The molecule has 0 atom stereocenters. The molecule has 4 nitrogen and oxygen atoms in total. The summed E-state index contributed by atoms with van der Waals surface area (Å²) in [5, 5.41) is 3.55. The molecule has 0 aromatic heterocycles. The number of nitrogens with zero attached hydrogens (tertiary/aromatic N) is 1. The molecule has 6 heteroatoms. The van der Waals surface area contributed by atoms with Gasteiger partial charge in [0.25, 0.3) is 5.91 Å². The van der Waals surface area contributed by atoms with Crippen molar-refractivity contribution in [2.45, 2.75) is 0 Å². The highest BCUT2D eigenvalue weighted by atomic mass is 35.5. The van der Waals surface area contributed by atoms with Crippen LogP contribution in [0.1, 0.15) is 0 Å². The van der Waals surface area contributed by atoms with Gasteiger partial charge in [-0.1, -0.05) is 11.6 Å². The Hall–Kier alpha value is -2.11. The van der Waals surface area contributed by atoms with Crippen LogP contribution in [0.15, 0.2) is 48.5 Å². The molecule has 1 heterocycles. The second kappa shape index (κ2) is 7.64.